The smallest absolute Gasteiger partial charge is 0.262 e. The van der Waals surface area contributed by atoms with Crippen LogP contribution < -0.4 is 10.5 Å². The fraction of sp³-hybridized carbons (Fsp3) is 0.143. The first-order valence-corrected chi connectivity index (χ1v) is 7.91. The maximum Gasteiger partial charge on any atom is 0.262 e. The van der Waals surface area contributed by atoms with Gasteiger partial charge in [0.15, 0.2) is 0 Å². The number of anilines is 2. The summed E-state index contributed by atoms with van der Waals surface area (Å²) in [6, 6.07) is 6.65. The lowest BCUT2D eigenvalue weighted by atomic mass is 10.2. The Balaban J connectivity index is 2.48. The van der Waals surface area contributed by atoms with E-state index in [0.717, 1.165) is 6.07 Å². The van der Waals surface area contributed by atoms with Gasteiger partial charge in [-0.15, -0.1) is 0 Å². The van der Waals surface area contributed by atoms with Crippen LogP contribution in [0, 0.1) is 19.7 Å². The zero-order chi connectivity index (χ0) is 15.8. The van der Waals surface area contributed by atoms with Crippen LogP contribution in [-0.4, -0.2) is 8.42 Å². The van der Waals surface area contributed by atoms with Gasteiger partial charge in [-0.05, 0) is 49.2 Å². The van der Waals surface area contributed by atoms with Crippen LogP contribution in [0.4, 0.5) is 15.8 Å². The maximum atomic E-state index is 13.2. The van der Waals surface area contributed by atoms with Gasteiger partial charge in [0.2, 0.25) is 0 Å². The minimum absolute atomic E-state index is 0.00746. The highest BCUT2D eigenvalue weighted by Crippen LogP contribution is 2.28. The van der Waals surface area contributed by atoms with Crippen molar-refractivity contribution in [1.82, 2.24) is 0 Å². The number of nitrogen functional groups attached to an aromatic ring is 1. The predicted molar refractivity (Wildman–Crippen MR) is 82.5 cm³/mol. The summed E-state index contributed by atoms with van der Waals surface area (Å²) in [5, 5.41) is 0.286. The number of sulfonamides is 1. The van der Waals surface area contributed by atoms with Gasteiger partial charge in [-0.3, -0.25) is 4.72 Å². The summed E-state index contributed by atoms with van der Waals surface area (Å²) >= 11 is 5.85. The van der Waals surface area contributed by atoms with Crippen molar-refractivity contribution >= 4 is 33.0 Å². The third kappa shape index (κ3) is 3.28. The second kappa shape index (κ2) is 5.54. The van der Waals surface area contributed by atoms with E-state index in [2.05, 4.69) is 4.72 Å². The number of aryl methyl sites for hydroxylation is 2. The third-order valence-electron chi connectivity index (χ3n) is 3.03. The zero-order valence-electron chi connectivity index (χ0n) is 11.4. The molecule has 0 aromatic heterocycles. The Morgan fingerprint density at radius 1 is 1.14 bits per heavy atom. The van der Waals surface area contributed by atoms with Crippen molar-refractivity contribution in [1.29, 1.82) is 0 Å². The molecule has 0 aliphatic carbocycles. The fourth-order valence-corrected chi connectivity index (χ4v) is 3.46. The highest BCUT2D eigenvalue weighted by Gasteiger charge is 2.19. The second-order valence-electron chi connectivity index (χ2n) is 4.70. The van der Waals surface area contributed by atoms with E-state index in [1.165, 1.54) is 24.3 Å². The molecule has 0 spiro atoms. The van der Waals surface area contributed by atoms with Gasteiger partial charge in [0.25, 0.3) is 10.0 Å². The molecule has 0 fully saturated rings. The standard InChI is InChI=1S/C14H14ClFN2O2S/c1-8-3-4-10(16)6-13(8)18-21(19,20)14-7-12(17)11(15)5-9(14)2/h3-7,18H,17H2,1-2H3. The van der Waals surface area contributed by atoms with E-state index in [1.54, 1.807) is 13.8 Å². The van der Waals surface area contributed by atoms with Crippen molar-refractivity contribution in [2.45, 2.75) is 18.7 Å². The van der Waals surface area contributed by atoms with Crippen LogP contribution in [0.3, 0.4) is 0 Å². The van der Waals surface area contributed by atoms with Gasteiger partial charge >= 0.3 is 0 Å². The van der Waals surface area contributed by atoms with Gasteiger partial charge in [0.1, 0.15) is 5.82 Å². The monoisotopic (exact) mass is 328 g/mol. The van der Waals surface area contributed by atoms with Crippen LogP contribution in [0.1, 0.15) is 11.1 Å². The Morgan fingerprint density at radius 2 is 1.81 bits per heavy atom. The van der Waals surface area contributed by atoms with Crippen molar-refractivity contribution in [3.63, 3.8) is 0 Å². The summed E-state index contributed by atoms with van der Waals surface area (Å²) in [7, 11) is -3.88. The molecule has 0 unspecified atom stereocenters. The molecule has 2 aromatic carbocycles. The van der Waals surface area contributed by atoms with Crippen LogP contribution in [0.25, 0.3) is 0 Å². The lowest BCUT2D eigenvalue weighted by molar-refractivity contribution is 0.600. The zero-order valence-corrected chi connectivity index (χ0v) is 13.0. The molecule has 0 saturated carbocycles. The normalized spacial score (nSPS) is 11.4. The molecule has 7 heteroatoms. The summed E-state index contributed by atoms with van der Waals surface area (Å²) in [6.45, 7) is 3.29. The molecular weight excluding hydrogens is 315 g/mol. The number of hydrogen-bond donors (Lipinski definition) is 2. The van der Waals surface area contributed by atoms with Gasteiger partial charge in [-0.2, -0.15) is 0 Å². The summed E-state index contributed by atoms with van der Waals surface area (Å²) < 4.78 is 40.4. The minimum atomic E-state index is -3.88. The largest absolute Gasteiger partial charge is 0.397 e. The molecule has 112 valence electrons. The van der Waals surface area contributed by atoms with Crippen molar-refractivity contribution in [3.05, 3.63) is 52.3 Å². The first-order valence-electron chi connectivity index (χ1n) is 6.05. The van der Waals surface area contributed by atoms with Crippen molar-refractivity contribution in [2.24, 2.45) is 0 Å². The molecule has 21 heavy (non-hydrogen) atoms. The lowest BCUT2D eigenvalue weighted by Gasteiger charge is -2.13. The van der Waals surface area contributed by atoms with Gasteiger partial charge in [-0.1, -0.05) is 17.7 Å². The Kier molecular flexibility index (Phi) is 4.11. The number of benzene rings is 2. The van der Waals surface area contributed by atoms with Crippen LogP contribution >= 0.6 is 11.6 Å². The van der Waals surface area contributed by atoms with Crippen LogP contribution in [0.5, 0.6) is 0 Å². The van der Waals surface area contributed by atoms with Gasteiger partial charge in [0.05, 0.1) is 21.3 Å². The number of hydrogen-bond acceptors (Lipinski definition) is 3. The van der Waals surface area contributed by atoms with Gasteiger partial charge in [-0.25, -0.2) is 12.8 Å². The summed E-state index contributed by atoms with van der Waals surface area (Å²) in [5.41, 5.74) is 7.06. The summed E-state index contributed by atoms with van der Waals surface area (Å²) in [4.78, 5) is 0.00746. The Morgan fingerprint density at radius 3 is 2.48 bits per heavy atom. The molecule has 0 amide bonds. The topological polar surface area (TPSA) is 72.2 Å². The van der Waals surface area contributed by atoms with E-state index in [4.69, 9.17) is 17.3 Å². The van der Waals surface area contributed by atoms with E-state index < -0.39 is 15.8 Å². The molecule has 3 N–H and O–H groups in total. The first kappa shape index (κ1) is 15.6. The van der Waals surface area contributed by atoms with Gasteiger partial charge in [0, 0.05) is 0 Å². The average Bonchev–Trinajstić information content (AvgIpc) is 2.37. The molecule has 0 bridgehead atoms. The van der Waals surface area contributed by atoms with Crippen LogP contribution in [0.2, 0.25) is 5.02 Å². The van der Waals surface area contributed by atoms with Crippen LogP contribution in [-0.2, 0) is 10.0 Å². The fourth-order valence-electron chi connectivity index (χ4n) is 1.86. The quantitative estimate of drug-likeness (QED) is 0.847. The maximum absolute atomic E-state index is 13.2. The number of nitrogens with two attached hydrogens (primary N) is 1. The number of rotatable bonds is 3. The molecule has 0 saturated heterocycles. The van der Waals surface area contributed by atoms with E-state index in [0.29, 0.717) is 11.1 Å². The van der Waals surface area contributed by atoms with Crippen molar-refractivity contribution in [3.8, 4) is 0 Å². The van der Waals surface area contributed by atoms with Crippen molar-refractivity contribution < 1.29 is 12.8 Å². The number of nitrogens with one attached hydrogen (secondary N) is 1. The number of halogens is 2. The molecule has 2 rings (SSSR count). The molecule has 0 aliphatic rings. The van der Waals surface area contributed by atoms with E-state index >= 15 is 0 Å². The SMILES string of the molecule is Cc1ccc(F)cc1NS(=O)(=O)c1cc(N)c(Cl)cc1C. The van der Waals surface area contributed by atoms with Gasteiger partial charge < -0.3 is 5.73 Å². The van der Waals surface area contributed by atoms with E-state index in [9.17, 15) is 12.8 Å². The molecule has 4 nitrogen and oxygen atoms in total. The third-order valence-corrected chi connectivity index (χ3v) is 4.86. The summed E-state index contributed by atoms with van der Waals surface area (Å²) in [6.07, 6.45) is 0. The predicted octanol–water partition coefficient (Wildman–Crippen LogP) is 3.48. The average molecular weight is 329 g/mol. The first-order chi connectivity index (χ1) is 9.70. The highest BCUT2D eigenvalue weighted by atomic mass is 35.5. The minimum Gasteiger partial charge on any atom is -0.397 e. The second-order valence-corrected chi connectivity index (χ2v) is 6.76. The van der Waals surface area contributed by atoms with E-state index in [1.807, 2.05) is 0 Å². The Hall–Kier alpha value is -1.79. The highest BCUT2D eigenvalue weighted by molar-refractivity contribution is 7.92. The Labute approximate surface area is 127 Å². The summed E-state index contributed by atoms with van der Waals surface area (Å²) in [5.74, 6) is -0.523. The molecule has 0 radical (unpaired) electrons. The molecular formula is C14H14ClFN2O2S. The Bertz CT molecular complexity index is 807. The van der Waals surface area contributed by atoms with Crippen LogP contribution in [0.15, 0.2) is 35.2 Å². The molecule has 2 aromatic rings. The lowest BCUT2D eigenvalue weighted by Crippen LogP contribution is -2.15. The molecule has 0 heterocycles. The molecule has 0 atom stereocenters. The molecule has 0 aliphatic heterocycles. The van der Waals surface area contributed by atoms with E-state index in [-0.39, 0.29) is 21.3 Å². The van der Waals surface area contributed by atoms with Crippen molar-refractivity contribution in [2.75, 3.05) is 10.5 Å².